The van der Waals surface area contributed by atoms with E-state index in [1.807, 2.05) is 0 Å². The van der Waals surface area contributed by atoms with Gasteiger partial charge in [0.15, 0.2) is 17.5 Å². The van der Waals surface area contributed by atoms with Crippen molar-refractivity contribution in [1.29, 1.82) is 0 Å². The molecule has 0 aliphatic carbocycles. The molecule has 0 radical (unpaired) electrons. The summed E-state index contributed by atoms with van der Waals surface area (Å²) in [6.45, 7) is 0.689. The average molecular weight is 566 g/mol. The Morgan fingerprint density at radius 3 is 2.35 bits per heavy atom. The molecule has 0 saturated heterocycles. The minimum absolute atomic E-state index is 0.0369. The zero-order valence-corrected chi connectivity index (χ0v) is 20.0. The molecule has 0 bridgehead atoms. The number of ether oxygens (including phenoxy) is 1. The lowest BCUT2D eigenvalue weighted by atomic mass is 10.1. The minimum Gasteiger partial charge on any atom is -0.394 e. The van der Waals surface area contributed by atoms with E-state index in [1.54, 1.807) is 0 Å². The van der Waals surface area contributed by atoms with Gasteiger partial charge in [0.05, 0.1) is 29.9 Å². The van der Waals surface area contributed by atoms with E-state index in [9.17, 15) is 32.9 Å². The third-order valence-corrected chi connectivity index (χ3v) is 6.47. The zero-order chi connectivity index (χ0) is 25.0. The molecule has 0 fully saturated rings. The molecule has 3 rings (SSSR count). The molecule has 1 aromatic heterocycles. The molecule has 0 amide bonds. The molecule has 34 heavy (non-hydrogen) atoms. The van der Waals surface area contributed by atoms with Gasteiger partial charge >= 0.3 is 0 Å². The topological polar surface area (TPSA) is 101 Å². The van der Waals surface area contributed by atoms with Crippen LogP contribution in [0.3, 0.4) is 0 Å². The van der Waals surface area contributed by atoms with Crippen molar-refractivity contribution >= 4 is 27.7 Å². The van der Waals surface area contributed by atoms with Crippen LogP contribution in [0.5, 0.6) is 0 Å². The molecule has 7 nitrogen and oxygen atoms in total. The summed E-state index contributed by atoms with van der Waals surface area (Å²) < 4.78 is 60.9. The Bertz CT molecular complexity index is 1110. The lowest BCUT2D eigenvalue weighted by Crippen LogP contribution is -2.39. The molecular weight excluding hydrogens is 546 g/mol. The van der Waals surface area contributed by atoms with Gasteiger partial charge in [-0.1, -0.05) is 17.0 Å². The number of hydrogen-bond donors (Lipinski definition) is 3. The summed E-state index contributed by atoms with van der Waals surface area (Å²) in [5.74, 6) is -4.85. The molecule has 184 valence electrons. The van der Waals surface area contributed by atoms with Gasteiger partial charge in [0.1, 0.15) is 29.2 Å². The summed E-state index contributed by atoms with van der Waals surface area (Å²) in [7, 11) is 0. The van der Waals surface area contributed by atoms with Crippen LogP contribution in [0.25, 0.3) is 11.3 Å². The number of hydrogen-bond acceptors (Lipinski definition) is 7. The second-order valence-electron chi connectivity index (χ2n) is 7.31. The third kappa shape index (κ3) is 6.55. The van der Waals surface area contributed by atoms with E-state index in [4.69, 9.17) is 4.74 Å². The fourth-order valence-electron chi connectivity index (χ4n) is 2.86. The number of nitrogens with zero attached hydrogens (tertiary/aromatic N) is 3. The predicted octanol–water partition coefficient (Wildman–Crippen LogP) is 3.50. The summed E-state index contributed by atoms with van der Waals surface area (Å²) >= 11 is 4.10. The highest BCUT2D eigenvalue weighted by atomic mass is 79.9. The Balaban J connectivity index is 1.80. The Hall–Kier alpha value is -2.03. The number of benzene rings is 2. The SMILES string of the molecule is C[C@@H](O)C(CO)OC(Sc1ccc(F)c(Br)c1)[C@@H](O)Cn1cc(-c2cc(F)c(F)c(F)c2)nn1. The van der Waals surface area contributed by atoms with Gasteiger partial charge in [-0.2, -0.15) is 0 Å². The molecule has 2 aromatic carbocycles. The van der Waals surface area contributed by atoms with Gasteiger partial charge in [-0.25, -0.2) is 22.2 Å². The van der Waals surface area contributed by atoms with Crippen molar-refractivity contribution in [1.82, 2.24) is 15.0 Å². The molecule has 0 aliphatic heterocycles. The monoisotopic (exact) mass is 565 g/mol. The molecular formula is C21H20BrF4N3O4S. The molecule has 4 atom stereocenters. The van der Waals surface area contributed by atoms with Gasteiger partial charge < -0.3 is 20.1 Å². The quantitative estimate of drug-likeness (QED) is 0.150. The van der Waals surface area contributed by atoms with Gasteiger partial charge in [-0.05, 0) is 53.2 Å². The van der Waals surface area contributed by atoms with Crippen LogP contribution in [0.15, 0.2) is 45.9 Å². The minimum atomic E-state index is -1.60. The molecule has 0 spiro atoms. The number of rotatable bonds is 10. The van der Waals surface area contributed by atoms with Crippen LogP contribution in [0.4, 0.5) is 17.6 Å². The van der Waals surface area contributed by atoms with E-state index in [-0.39, 0.29) is 22.3 Å². The van der Waals surface area contributed by atoms with Gasteiger partial charge in [0.2, 0.25) is 0 Å². The van der Waals surface area contributed by atoms with Crippen molar-refractivity contribution in [2.75, 3.05) is 6.61 Å². The zero-order valence-electron chi connectivity index (χ0n) is 17.6. The van der Waals surface area contributed by atoms with Crippen LogP contribution in [-0.2, 0) is 11.3 Å². The van der Waals surface area contributed by atoms with Crippen LogP contribution in [0.1, 0.15) is 6.92 Å². The van der Waals surface area contributed by atoms with E-state index in [0.29, 0.717) is 4.90 Å². The first-order chi connectivity index (χ1) is 16.1. The Morgan fingerprint density at radius 1 is 1.09 bits per heavy atom. The largest absolute Gasteiger partial charge is 0.394 e. The van der Waals surface area contributed by atoms with Crippen LogP contribution in [-0.4, -0.2) is 60.7 Å². The maximum absolute atomic E-state index is 13.6. The normalized spacial score (nSPS) is 15.2. The summed E-state index contributed by atoms with van der Waals surface area (Å²) in [4.78, 5) is 0.524. The second-order valence-corrected chi connectivity index (χ2v) is 9.33. The van der Waals surface area contributed by atoms with Crippen LogP contribution >= 0.6 is 27.7 Å². The molecule has 2 unspecified atom stereocenters. The van der Waals surface area contributed by atoms with Crippen LogP contribution < -0.4 is 0 Å². The molecule has 0 saturated carbocycles. The summed E-state index contributed by atoms with van der Waals surface area (Å²) in [5.41, 5.74) is -1.06. The van der Waals surface area contributed by atoms with E-state index in [2.05, 4.69) is 26.2 Å². The molecule has 1 heterocycles. The van der Waals surface area contributed by atoms with E-state index >= 15 is 0 Å². The third-order valence-electron chi connectivity index (χ3n) is 4.68. The number of thioether (sulfide) groups is 1. The smallest absolute Gasteiger partial charge is 0.194 e. The highest BCUT2D eigenvalue weighted by Gasteiger charge is 2.28. The molecule has 13 heteroatoms. The van der Waals surface area contributed by atoms with Crippen molar-refractivity contribution in [3.63, 3.8) is 0 Å². The highest BCUT2D eigenvalue weighted by molar-refractivity contribution is 9.10. The first-order valence-electron chi connectivity index (χ1n) is 9.88. The van der Waals surface area contributed by atoms with Crippen LogP contribution in [0, 0.1) is 23.3 Å². The number of aliphatic hydroxyl groups excluding tert-OH is 3. The summed E-state index contributed by atoms with van der Waals surface area (Å²) in [5, 5.41) is 37.8. The molecule has 3 aromatic rings. The van der Waals surface area contributed by atoms with Crippen molar-refractivity contribution in [3.8, 4) is 11.3 Å². The number of halogens is 5. The lowest BCUT2D eigenvalue weighted by molar-refractivity contribution is -0.0972. The highest BCUT2D eigenvalue weighted by Crippen LogP contribution is 2.31. The van der Waals surface area contributed by atoms with Crippen LogP contribution in [0.2, 0.25) is 0 Å². The second kappa shape index (κ2) is 11.6. The molecule has 0 aliphatic rings. The van der Waals surface area contributed by atoms with E-state index < -0.39 is 53.6 Å². The first kappa shape index (κ1) is 26.6. The fraction of sp³-hybridized carbons (Fsp3) is 0.333. The van der Waals surface area contributed by atoms with E-state index in [0.717, 1.165) is 23.9 Å². The first-order valence-corrected chi connectivity index (χ1v) is 11.6. The van der Waals surface area contributed by atoms with Crippen molar-refractivity contribution in [2.45, 2.75) is 42.1 Å². The number of aromatic nitrogens is 3. The van der Waals surface area contributed by atoms with Gasteiger partial charge in [-0.15, -0.1) is 5.10 Å². The number of aliphatic hydroxyl groups is 3. The lowest BCUT2D eigenvalue weighted by Gasteiger charge is -2.28. The van der Waals surface area contributed by atoms with Crippen molar-refractivity contribution in [2.24, 2.45) is 0 Å². The Labute approximate surface area is 204 Å². The van der Waals surface area contributed by atoms with Gasteiger partial charge in [-0.3, -0.25) is 0 Å². The summed E-state index contributed by atoms with van der Waals surface area (Å²) in [6.07, 6.45) is -2.06. The maximum atomic E-state index is 13.6. The van der Waals surface area contributed by atoms with Gasteiger partial charge in [0.25, 0.3) is 0 Å². The summed E-state index contributed by atoms with van der Waals surface area (Å²) in [6, 6.07) is 5.70. The fourth-order valence-corrected chi connectivity index (χ4v) is 4.44. The molecule has 3 N–H and O–H groups in total. The average Bonchev–Trinajstić information content (AvgIpc) is 3.25. The van der Waals surface area contributed by atoms with Gasteiger partial charge in [0, 0.05) is 10.5 Å². The Kier molecular flexibility index (Phi) is 9.07. The standard InChI is InChI=1S/C21H20BrF4N3O4S/c1-10(31)19(9-30)33-21(34-12-2-3-14(23)13(22)6-12)18(32)8-29-7-17(27-28-29)11-4-15(24)20(26)16(25)5-11/h2-7,10,18-19,21,30-32H,8-9H2,1H3/t10-,18+,19?,21?/m1/s1. The van der Waals surface area contributed by atoms with E-state index in [1.165, 1.54) is 36.0 Å². The predicted molar refractivity (Wildman–Crippen MR) is 119 cm³/mol. The maximum Gasteiger partial charge on any atom is 0.194 e. The Morgan fingerprint density at radius 2 is 1.76 bits per heavy atom. The van der Waals surface area contributed by atoms with Crippen molar-refractivity contribution in [3.05, 3.63) is 64.3 Å². The van der Waals surface area contributed by atoms with Crippen molar-refractivity contribution < 1.29 is 37.6 Å².